The number of nitrogens with one attached hydrogen (secondary N) is 2. The molecule has 1 aliphatic heterocycles. The third-order valence-corrected chi connectivity index (χ3v) is 8.40. The molecule has 1 saturated carbocycles. The standard InChI is InChI=1S/C33H30ClF3N8O.CH4/c1-45(2)21-9-6-17(12-21)31(46)44-32(38)42-27-11-8-20(14-26(27)37)41-33-40-16-18-15-39-30(28-24(35)4-3-5-25(28)36)23-13-19(34)7-10-22(23)29(18)43-33;/h3-5,7-8,10-11,13-14,16-17,21H,6,9,12,15H2,1-2H3,(H,40,41,43)(H3,38,42,44,46);1H4. The number of nitrogens with zero attached hydrogens (tertiary/aromatic N) is 5. The fourth-order valence-corrected chi connectivity index (χ4v) is 5.95. The lowest BCUT2D eigenvalue weighted by Crippen LogP contribution is -2.40. The van der Waals surface area contributed by atoms with Crippen LogP contribution in [0.15, 0.2) is 70.8 Å². The van der Waals surface area contributed by atoms with Gasteiger partial charge < -0.3 is 16.0 Å². The smallest absolute Gasteiger partial charge is 0.229 e. The fraction of sp³-hybridized carbons (Fsp3) is 0.265. The van der Waals surface area contributed by atoms with Crippen molar-refractivity contribution in [2.24, 2.45) is 21.6 Å². The lowest BCUT2D eigenvalue weighted by molar-refractivity contribution is -0.123. The van der Waals surface area contributed by atoms with Crippen LogP contribution in [0.2, 0.25) is 5.02 Å². The molecule has 4 N–H and O–H groups in total. The number of hydrogen-bond donors (Lipinski definition) is 3. The van der Waals surface area contributed by atoms with Crippen molar-refractivity contribution in [3.8, 4) is 11.3 Å². The van der Waals surface area contributed by atoms with Crippen LogP contribution in [0, 0.1) is 23.4 Å². The zero-order valence-corrected chi connectivity index (χ0v) is 25.7. The van der Waals surface area contributed by atoms with Crippen LogP contribution in [0.25, 0.3) is 11.3 Å². The van der Waals surface area contributed by atoms with E-state index in [-0.39, 0.29) is 54.7 Å². The quantitative estimate of drug-likeness (QED) is 0.155. The summed E-state index contributed by atoms with van der Waals surface area (Å²) in [6, 6.07) is 13.1. The maximum atomic E-state index is 15.1. The minimum absolute atomic E-state index is 0. The lowest BCUT2D eigenvalue weighted by Gasteiger charge is -2.18. The zero-order valence-electron chi connectivity index (χ0n) is 25.0. The highest BCUT2D eigenvalue weighted by atomic mass is 35.5. The second-order valence-corrected chi connectivity index (χ2v) is 11.9. The van der Waals surface area contributed by atoms with Gasteiger partial charge in [0.2, 0.25) is 17.8 Å². The van der Waals surface area contributed by atoms with E-state index in [1.165, 1.54) is 30.3 Å². The molecular formula is C34H34ClF3N8O. The Bertz CT molecular complexity index is 1880. The molecule has 2 atom stereocenters. The number of guanidine groups is 1. The monoisotopic (exact) mass is 662 g/mol. The van der Waals surface area contributed by atoms with Crippen molar-refractivity contribution in [1.29, 1.82) is 0 Å². The molecule has 1 fully saturated rings. The van der Waals surface area contributed by atoms with E-state index in [0.717, 1.165) is 19.3 Å². The van der Waals surface area contributed by atoms with E-state index in [9.17, 15) is 13.6 Å². The Morgan fingerprint density at radius 1 is 1.02 bits per heavy atom. The van der Waals surface area contributed by atoms with E-state index >= 15 is 4.39 Å². The predicted molar refractivity (Wildman–Crippen MR) is 179 cm³/mol. The molecule has 2 heterocycles. The average Bonchev–Trinajstić information content (AvgIpc) is 3.46. The summed E-state index contributed by atoms with van der Waals surface area (Å²) >= 11 is 6.29. The van der Waals surface area contributed by atoms with Gasteiger partial charge >= 0.3 is 0 Å². The Kier molecular flexibility index (Phi) is 9.92. The van der Waals surface area contributed by atoms with Crippen LogP contribution in [0.1, 0.15) is 43.4 Å². The van der Waals surface area contributed by atoms with Crippen LogP contribution in [-0.2, 0) is 11.3 Å². The van der Waals surface area contributed by atoms with Crippen molar-refractivity contribution in [1.82, 2.24) is 20.2 Å². The number of benzene rings is 3. The van der Waals surface area contributed by atoms with Crippen molar-refractivity contribution in [2.45, 2.75) is 39.3 Å². The first-order valence-corrected chi connectivity index (χ1v) is 15.0. The molecule has 9 nitrogen and oxygen atoms in total. The van der Waals surface area contributed by atoms with Crippen LogP contribution in [0.4, 0.5) is 30.5 Å². The Hall–Kier alpha value is -4.81. The molecule has 244 valence electrons. The molecule has 0 bridgehead atoms. The SMILES string of the molecule is C.CN(C)C1CCC(C(=O)NC(N)=Nc2ccc(Nc3ncc4c(n3)-c3ccc(Cl)cc3C(c3c(F)cccc3F)=NC4)cc2F)C1. The van der Waals surface area contributed by atoms with Crippen molar-refractivity contribution < 1.29 is 18.0 Å². The van der Waals surface area contributed by atoms with E-state index in [1.54, 1.807) is 30.5 Å². The maximum absolute atomic E-state index is 15.1. The van der Waals surface area contributed by atoms with Gasteiger partial charge in [0.25, 0.3) is 0 Å². The van der Waals surface area contributed by atoms with Gasteiger partial charge in [0.05, 0.1) is 23.5 Å². The number of carbonyl (C=O) groups is 1. The number of amides is 1. The Labute approximate surface area is 275 Å². The highest BCUT2D eigenvalue weighted by molar-refractivity contribution is 6.31. The molecule has 1 amide bonds. The molecule has 13 heteroatoms. The summed E-state index contributed by atoms with van der Waals surface area (Å²) in [7, 11) is 3.97. The third-order valence-electron chi connectivity index (χ3n) is 8.17. The van der Waals surface area contributed by atoms with E-state index in [2.05, 4.69) is 35.5 Å². The molecule has 1 aromatic heterocycles. The molecule has 47 heavy (non-hydrogen) atoms. The molecule has 2 unspecified atom stereocenters. The topological polar surface area (TPSA) is 121 Å². The van der Waals surface area contributed by atoms with Gasteiger partial charge in [-0.15, -0.1) is 0 Å². The van der Waals surface area contributed by atoms with Crippen molar-refractivity contribution >= 4 is 46.5 Å². The summed E-state index contributed by atoms with van der Waals surface area (Å²) in [5.74, 6) is -2.65. The molecule has 6 rings (SSSR count). The highest BCUT2D eigenvalue weighted by Gasteiger charge is 2.31. The minimum atomic E-state index is -0.755. The highest BCUT2D eigenvalue weighted by Crippen LogP contribution is 2.35. The molecule has 0 radical (unpaired) electrons. The molecule has 0 spiro atoms. The normalized spacial score (nSPS) is 17.3. The van der Waals surface area contributed by atoms with E-state index < -0.39 is 17.5 Å². The number of carbonyl (C=O) groups excluding carboxylic acids is 1. The minimum Gasteiger partial charge on any atom is -0.369 e. The first-order valence-electron chi connectivity index (χ1n) is 14.6. The summed E-state index contributed by atoms with van der Waals surface area (Å²) in [6.45, 7) is 0.0568. The summed E-state index contributed by atoms with van der Waals surface area (Å²) in [5.41, 5.74) is 8.10. The van der Waals surface area contributed by atoms with E-state index in [4.69, 9.17) is 17.3 Å². The molecular weight excluding hydrogens is 629 g/mol. The predicted octanol–water partition coefficient (Wildman–Crippen LogP) is 6.74. The zero-order chi connectivity index (χ0) is 32.5. The Morgan fingerprint density at radius 3 is 2.49 bits per heavy atom. The number of rotatable bonds is 6. The summed E-state index contributed by atoms with van der Waals surface area (Å²) in [4.78, 5) is 32.3. The molecule has 3 aromatic carbocycles. The van der Waals surface area contributed by atoms with Crippen molar-refractivity contribution in [2.75, 3.05) is 19.4 Å². The lowest BCUT2D eigenvalue weighted by atomic mass is 9.95. The molecule has 2 aliphatic rings. The Balaban J connectivity index is 0.00000433. The third kappa shape index (κ3) is 7.13. The molecule has 1 aliphatic carbocycles. The van der Waals surface area contributed by atoms with Gasteiger partial charge in [0.15, 0.2) is 5.82 Å². The number of halogens is 4. The fourth-order valence-electron chi connectivity index (χ4n) is 5.78. The van der Waals surface area contributed by atoms with Crippen LogP contribution in [-0.4, -0.2) is 52.6 Å². The summed E-state index contributed by atoms with van der Waals surface area (Å²) in [6.07, 6.45) is 3.95. The van der Waals surface area contributed by atoms with Gasteiger partial charge in [0, 0.05) is 45.6 Å². The number of nitrogens with two attached hydrogens (primary N) is 1. The number of aliphatic imine (C=N–C) groups is 2. The number of anilines is 2. The number of hydrogen-bond acceptors (Lipinski definition) is 7. The van der Waals surface area contributed by atoms with E-state index in [1.807, 2.05) is 14.1 Å². The summed E-state index contributed by atoms with van der Waals surface area (Å²) in [5, 5.41) is 5.92. The van der Waals surface area contributed by atoms with Gasteiger partial charge in [-0.3, -0.25) is 15.1 Å². The molecule has 0 saturated heterocycles. The van der Waals surface area contributed by atoms with Gasteiger partial charge in [0.1, 0.15) is 17.3 Å². The molecule has 4 aromatic rings. The van der Waals surface area contributed by atoms with Crippen LogP contribution >= 0.6 is 11.6 Å². The second kappa shape index (κ2) is 13.9. The van der Waals surface area contributed by atoms with Gasteiger partial charge in [-0.05, 0) is 75.8 Å². The first-order chi connectivity index (χ1) is 22.1. The summed E-state index contributed by atoms with van der Waals surface area (Å²) < 4.78 is 44.7. The Morgan fingerprint density at radius 2 is 1.79 bits per heavy atom. The van der Waals surface area contributed by atoms with Crippen LogP contribution < -0.4 is 16.4 Å². The van der Waals surface area contributed by atoms with Crippen LogP contribution in [0.5, 0.6) is 0 Å². The maximum Gasteiger partial charge on any atom is 0.229 e. The number of fused-ring (bicyclic) bond motifs is 3. The van der Waals surface area contributed by atoms with Gasteiger partial charge in [-0.25, -0.2) is 28.1 Å². The van der Waals surface area contributed by atoms with Gasteiger partial charge in [-0.2, -0.15) is 0 Å². The largest absolute Gasteiger partial charge is 0.369 e. The van der Waals surface area contributed by atoms with E-state index in [0.29, 0.717) is 39.1 Å². The average molecular weight is 663 g/mol. The van der Waals surface area contributed by atoms with Crippen molar-refractivity contribution in [3.05, 3.63) is 100.0 Å². The van der Waals surface area contributed by atoms with Crippen molar-refractivity contribution in [3.63, 3.8) is 0 Å². The van der Waals surface area contributed by atoms with Crippen LogP contribution in [0.3, 0.4) is 0 Å². The first kappa shape index (κ1) is 33.6. The number of aromatic nitrogens is 2. The second-order valence-electron chi connectivity index (χ2n) is 11.4. The van der Waals surface area contributed by atoms with Gasteiger partial charge in [-0.1, -0.05) is 31.2 Å².